The summed E-state index contributed by atoms with van der Waals surface area (Å²) in [4.78, 5) is 11.6. The molecule has 0 radical (unpaired) electrons. The smallest absolute Gasteiger partial charge is 0.241 e. The molecule has 0 fully saturated rings. The Morgan fingerprint density at radius 3 is 2.50 bits per heavy atom. The van der Waals surface area contributed by atoms with Gasteiger partial charge in [-0.3, -0.25) is 4.79 Å². The first-order chi connectivity index (χ1) is 8.31. The van der Waals surface area contributed by atoms with Gasteiger partial charge in [0.15, 0.2) is 11.6 Å². The van der Waals surface area contributed by atoms with Crippen LogP contribution < -0.4 is 11.1 Å². The van der Waals surface area contributed by atoms with Crippen molar-refractivity contribution in [1.29, 1.82) is 0 Å². The van der Waals surface area contributed by atoms with Gasteiger partial charge in [-0.1, -0.05) is 13.8 Å². The Balaban J connectivity index is 2.82. The van der Waals surface area contributed by atoms with Gasteiger partial charge in [-0.05, 0) is 12.3 Å². The molecule has 0 heterocycles. The zero-order valence-corrected chi connectivity index (χ0v) is 10.1. The number of rotatable bonds is 4. The van der Waals surface area contributed by atoms with E-state index in [1.807, 2.05) is 13.8 Å². The van der Waals surface area contributed by atoms with Crippen LogP contribution in [-0.4, -0.2) is 11.9 Å². The Hall–Kier alpha value is -1.56. The molecule has 1 atom stereocenters. The van der Waals surface area contributed by atoms with E-state index in [0.717, 1.165) is 0 Å². The highest BCUT2D eigenvalue weighted by molar-refractivity contribution is 5.94. The summed E-state index contributed by atoms with van der Waals surface area (Å²) in [5, 5.41) is 2.08. The largest absolute Gasteiger partial charge is 0.322 e. The standard InChI is InChI=1S/C12H15F3N2O/c1-6(2)3-9(16)12(18)17-10-5-7(13)4-8(14)11(10)15/h4-6,9H,3,16H2,1-2H3,(H,17,18)/t9-/m0/s1. The SMILES string of the molecule is CC(C)C[C@H](N)C(=O)Nc1cc(F)cc(F)c1F. The Morgan fingerprint density at radius 1 is 1.33 bits per heavy atom. The number of benzene rings is 1. The number of hydrogen-bond donors (Lipinski definition) is 2. The van der Waals surface area contributed by atoms with E-state index in [9.17, 15) is 18.0 Å². The first-order valence-electron chi connectivity index (χ1n) is 5.52. The predicted molar refractivity (Wildman–Crippen MR) is 62.4 cm³/mol. The summed E-state index contributed by atoms with van der Waals surface area (Å²) < 4.78 is 39.1. The summed E-state index contributed by atoms with van der Waals surface area (Å²) in [6.07, 6.45) is 0.394. The zero-order chi connectivity index (χ0) is 13.9. The monoisotopic (exact) mass is 260 g/mol. The molecule has 1 aromatic carbocycles. The maximum absolute atomic E-state index is 13.3. The van der Waals surface area contributed by atoms with Gasteiger partial charge in [0.05, 0.1) is 11.7 Å². The van der Waals surface area contributed by atoms with Crippen LogP contribution in [0.1, 0.15) is 20.3 Å². The predicted octanol–water partition coefficient (Wildman–Crippen LogP) is 2.42. The molecule has 0 aliphatic rings. The molecule has 18 heavy (non-hydrogen) atoms. The van der Waals surface area contributed by atoms with Crippen LogP contribution in [0.4, 0.5) is 18.9 Å². The molecular formula is C12H15F3N2O. The van der Waals surface area contributed by atoms with E-state index in [-0.39, 0.29) is 5.92 Å². The molecule has 0 spiro atoms. The van der Waals surface area contributed by atoms with Gasteiger partial charge in [0.25, 0.3) is 0 Å². The summed E-state index contributed by atoms with van der Waals surface area (Å²) in [6.45, 7) is 3.74. The third kappa shape index (κ3) is 3.73. The average Bonchev–Trinajstić information content (AvgIpc) is 2.24. The summed E-state index contributed by atoms with van der Waals surface area (Å²) in [7, 11) is 0. The number of hydrogen-bond acceptors (Lipinski definition) is 2. The van der Waals surface area contributed by atoms with E-state index in [0.29, 0.717) is 18.6 Å². The van der Waals surface area contributed by atoms with Gasteiger partial charge in [-0.2, -0.15) is 0 Å². The molecule has 0 aliphatic heterocycles. The summed E-state index contributed by atoms with van der Waals surface area (Å²) >= 11 is 0. The van der Waals surface area contributed by atoms with Crippen molar-refractivity contribution < 1.29 is 18.0 Å². The topological polar surface area (TPSA) is 55.1 Å². The number of anilines is 1. The molecule has 1 amide bonds. The van der Waals surface area contributed by atoms with Gasteiger partial charge in [0, 0.05) is 12.1 Å². The number of carbonyl (C=O) groups is 1. The van der Waals surface area contributed by atoms with Crippen molar-refractivity contribution in [2.75, 3.05) is 5.32 Å². The average molecular weight is 260 g/mol. The molecule has 0 unspecified atom stereocenters. The van der Waals surface area contributed by atoms with Crippen LogP contribution in [0.5, 0.6) is 0 Å². The van der Waals surface area contributed by atoms with Crippen molar-refractivity contribution in [3.8, 4) is 0 Å². The van der Waals surface area contributed by atoms with Crippen molar-refractivity contribution in [2.24, 2.45) is 11.7 Å². The molecule has 0 aliphatic carbocycles. The molecule has 3 nitrogen and oxygen atoms in total. The summed E-state index contributed by atoms with van der Waals surface area (Å²) in [5.41, 5.74) is 5.03. The lowest BCUT2D eigenvalue weighted by Crippen LogP contribution is -2.37. The van der Waals surface area contributed by atoms with Gasteiger partial charge in [-0.25, -0.2) is 13.2 Å². The quantitative estimate of drug-likeness (QED) is 0.817. The van der Waals surface area contributed by atoms with Crippen molar-refractivity contribution in [2.45, 2.75) is 26.3 Å². The van der Waals surface area contributed by atoms with Crippen molar-refractivity contribution >= 4 is 11.6 Å². The second-order valence-corrected chi connectivity index (χ2v) is 4.47. The molecule has 3 N–H and O–H groups in total. The van der Waals surface area contributed by atoms with Crippen molar-refractivity contribution in [3.05, 3.63) is 29.6 Å². The van der Waals surface area contributed by atoms with E-state index in [4.69, 9.17) is 5.73 Å². The van der Waals surface area contributed by atoms with Gasteiger partial charge in [-0.15, -0.1) is 0 Å². The zero-order valence-electron chi connectivity index (χ0n) is 10.1. The third-order valence-electron chi connectivity index (χ3n) is 2.31. The lowest BCUT2D eigenvalue weighted by molar-refractivity contribution is -0.117. The van der Waals surface area contributed by atoms with Crippen LogP contribution in [0.3, 0.4) is 0 Å². The van der Waals surface area contributed by atoms with E-state index in [2.05, 4.69) is 5.32 Å². The van der Waals surface area contributed by atoms with Gasteiger partial charge in [0.2, 0.25) is 5.91 Å². The van der Waals surface area contributed by atoms with Crippen LogP contribution in [-0.2, 0) is 4.79 Å². The van der Waals surface area contributed by atoms with Crippen molar-refractivity contribution in [1.82, 2.24) is 0 Å². The van der Waals surface area contributed by atoms with Gasteiger partial charge >= 0.3 is 0 Å². The molecule has 1 rings (SSSR count). The number of halogens is 3. The summed E-state index contributed by atoms with van der Waals surface area (Å²) in [6, 6.07) is 0.257. The lowest BCUT2D eigenvalue weighted by Gasteiger charge is -2.14. The number of nitrogens with one attached hydrogen (secondary N) is 1. The first kappa shape index (κ1) is 14.5. The Bertz CT molecular complexity index is 449. The second kappa shape index (κ2) is 5.86. The Kier molecular flexibility index (Phi) is 4.72. The maximum atomic E-state index is 13.3. The number of carbonyl (C=O) groups excluding carboxylic acids is 1. The highest BCUT2D eigenvalue weighted by Crippen LogP contribution is 2.19. The minimum absolute atomic E-state index is 0.180. The van der Waals surface area contributed by atoms with Crippen LogP contribution in [0.2, 0.25) is 0 Å². The third-order valence-corrected chi connectivity index (χ3v) is 2.31. The van der Waals surface area contributed by atoms with E-state index in [1.165, 1.54) is 0 Å². The first-order valence-corrected chi connectivity index (χ1v) is 5.52. The van der Waals surface area contributed by atoms with Crippen LogP contribution >= 0.6 is 0 Å². The molecule has 6 heteroatoms. The second-order valence-electron chi connectivity index (χ2n) is 4.47. The molecule has 100 valence electrons. The summed E-state index contributed by atoms with van der Waals surface area (Å²) in [5.74, 6) is -4.13. The van der Waals surface area contributed by atoms with E-state index >= 15 is 0 Å². The Morgan fingerprint density at radius 2 is 1.94 bits per heavy atom. The maximum Gasteiger partial charge on any atom is 0.241 e. The van der Waals surface area contributed by atoms with E-state index in [1.54, 1.807) is 0 Å². The van der Waals surface area contributed by atoms with Crippen LogP contribution in [0.15, 0.2) is 12.1 Å². The fourth-order valence-corrected chi connectivity index (χ4v) is 1.49. The molecule has 0 saturated heterocycles. The molecule has 0 aromatic heterocycles. The number of nitrogens with two attached hydrogens (primary N) is 1. The normalized spacial score (nSPS) is 12.6. The van der Waals surface area contributed by atoms with Crippen LogP contribution in [0.25, 0.3) is 0 Å². The molecule has 1 aromatic rings. The van der Waals surface area contributed by atoms with Crippen LogP contribution in [0, 0.1) is 23.4 Å². The van der Waals surface area contributed by atoms with E-state index < -0.39 is 35.1 Å². The number of amides is 1. The molecule has 0 saturated carbocycles. The fraction of sp³-hybridized carbons (Fsp3) is 0.417. The minimum atomic E-state index is -1.36. The van der Waals surface area contributed by atoms with Gasteiger partial charge in [0.1, 0.15) is 5.82 Å². The lowest BCUT2D eigenvalue weighted by atomic mass is 10.0. The fourth-order valence-electron chi connectivity index (χ4n) is 1.49. The minimum Gasteiger partial charge on any atom is -0.322 e. The highest BCUT2D eigenvalue weighted by atomic mass is 19.2. The highest BCUT2D eigenvalue weighted by Gasteiger charge is 2.18. The van der Waals surface area contributed by atoms with Crippen molar-refractivity contribution in [3.63, 3.8) is 0 Å². The molecular weight excluding hydrogens is 245 g/mol. The Labute approximate surface area is 103 Å². The molecule has 0 bridgehead atoms. The van der Waals surface area contributed by atoms with Gasteiger partial charge < -0.3 is 11.1 Å².